The monoisotopic (exact) mass is 447 g/mol. The molecule has 2 amide bonds. The normalized spacial score (nSPS) is 19.2. The highest BCUT2D eigenvalue weighted by molar-refractivity contribution is 6.00. The van der Waals surface area contributed by atoms with Gasteiger partial charge in [0.1, 0.15) is 12.1 Å². The van der Waals surface area contributed by atoms with Gasteiger partial charge in [0.15, 0.2) is 5.65 Å². The van der Waals surface area contributed by atoms with Crippen molar-refractivity contribution in [3.05, 3.63) is 42.9 Å². The first-order valence-corrected chi connectivity index (χ1v) is 11.8. The molecule has 1 aromatic carbocycles. The second kappa shape index (κ2) is 9.56. The van der Waals surface area contributed by atoms with Gasteiger partial charge in [-0.3, -0.25) is 9.59 Å². The van der Waals surface area contributed by atoms with E-state index in [2.05, 4.69) is 25.3 Å². The van der Waals surface area contributed by atoms with E-state index in [0.29, 0.717) is 19.6 Å². The molecule has 2 aliphatic heterocycles. The minimum Gasteiger partial charge on any atom is -0.356 e. The molecule has 33 heavy (non-hydrogen) atoms. The highest BCUT2D eigenvalue weighted by atomic mass is 16.2. The molecule has 2 aliphatic rings. The molecular weight excluding hydrogens is 418 g/mol. The van der Waals surface area contributed by atoms with Crippen molar-refractivity contribution in [1.29, 1.82) is 0 Å². The van der Waals surface area contributed by atoms with Crippen LogP contribution in [0.1, 0.15) is 32.1 Å². The minimum absolute atomic E-state index is 0.0165. The number of anilines is 2. The van der Waals surface area contributed by atoms with Gasteiger partial charge >= 0.3 is 0 Å². The Morgan fingerprint density at radius 2 is 1.85 bits per heavy atom. The molecule has 2 aromatic heterocycles. The van der Waals surface area contributed by atoms with E-state index < -0.39 is 0 Å². The molecule has 2 fully saturated rings. The Morgan fingerprint density at radius 1 is 1.06 bits per heavy atom. The lowest BCUT2D eigenvalue weighted by atomic mass is 10.1. The summed E-state index contributed by atoms with van der Waals surface area (Å²) in [5, 5.41) is 8.43. The molecule has 1 N–H and O–H groups in total. The SMILES string of the molecule is O=C(NCCn1ncc2c(N3CCCCCC3)ncnc21)[C@@H]1CC(=O)N(c2ccccc2)C1. The fourth-order valence-electron chi connectivity index (χ4n) is 4.75. The third-order valence-electron chi connectivity index (χ3n) is 6.50. The Bertz CT molecular complexity index is 1120. The molecule has 9 nitrogen and oxygen atoms in total. The highest BCUT2D eigenvalue weighted by Gasteiger charge is 2.34. The van der Waals surface area contributed by atoms with Crippen molar-refractivity contribution < 1.29 is 9.59 Å². The van der Waals surface area contributed by atoms with Crippen molar-refractivity contribution in [2.24, 2.45) is 5.92 Å². The molecule has 9 heteroatoms. The second-order valence-corrected chi connectivity index (χ2v) is 8.74. The minimum atomic E-state index is -0.343. The summed E-state index contributed by atoms with van der Waals surface area (Å²) in [5.74, 6) is 0.488. The Morgan fingerprint density at radius 3 is 2.64 bits per heavy atom. The van der Waals surface area contributed by atoms with E-state index in [9.17, 15) is 9.59 Å². The third-order valence-corrected chi connectivity index (χ3v) is 6.50. The van der Waals surface area contributed by atoms with E-state index in [-0.39, 0.29) is 24.2 Å². The first kappa shape index (κ1) is 21.4. The summed E-state index contributed by atoms with van der Waals surface area (Å²) in [6, 6.07) is 9.49. The summed E-state index contributed by atoms with van der Waals surface area (Å²) < 4.78 is 1.81. The maximum absolute atomic E-state index is 12.7. The molecule has 0 saturated carbocycles. The van der Waals surface area contributed by atoms with Gasteiger partial charge in [0.25, 0.3) is 0 Å². The third kappa shape index (κ3) is 4.53. The number of nitrogens with one attached hydrogen (secondary N) is 1. The zero-order valence-electron chi connectivity index (χ0n) is 18.7. The number of fused-ring (bicyclic) bond motifs is 1. The van der Waals surface area contributed by atoms with Crippen molar-refractivity contribution in [3.63, 3.8) is 0 Å². The smallest absolute Gasteiger partial charge is 0.227 e. The average Bonchev–Trinajstić information content (AvgIpc) is 3.33. The summed E-state index contributed by atoms with van der Waals surface area (Å²) in [6.45, 7) is 3.36. The molecule has 4 heterocycles. The maximum atomic E-state index is 12.7. The molecule has 3 aromatic rings. The van der Waals surface area contributed by atoms with Crippen LogP contribution in [-0.4, -0.2) is 57.7 Å². The largest absolute Gasteiger partial charge is 0.356 e. The number of hydrogen-bond acceptors (Lipinski definition) is 6. The van der Waals surface area contributed by atoms with Crippen LogP contribution in [0.15, 0.2) is 42.9 Å². The van der Waals surface area contributed by atoms with Crippen molar-refractivity contribution in [3.8, 4) is 0 Å². The number of amides is 2. The van der Waals surface area contributed by atoms with Gasteiger partial charge < -0.3 is 15.1 Å². The lowest BCUT2D eigenvalue weighted by Crippen LogP contribution is -2.35. The van der Waals surface area contributed by atoms with Gasteiger partial charge in [0.2, 0.25) is 11.8 Å². The molecule has 0 bridgehead atoms. The van der Waals surface area contributed by atoms with Crippen molar-refractivity contribution in [1.82, 2.24) is 25.1 Å². The van der Waals surface area contributed by atoms with E-state index in [1.807, 2.05) is 41.2 Å². The van der Waals surface area contributed by atoms with E-state index in [1.165, 1.54) is 25.7 Å². The first-order valence-electron chi connectivity index (χ1n) is 11.8. The predicted molar refractivity (Wildman–Crippen MR) is 126 cm³/mol. The van der Waals surface area contributed by atoms with E-state index in [0.717, 1.165) is 35.6 Å². The summed E-state index contributed by atoms with van der Waals surface area (Å²) in [6.07, 6.45) is 8.54. The molecule has 0 spiro atoms. The van der Waals surface area contributed by atoms with Gasteiger partial charge in [0, 0.05) is 38.3 Å². The highest BCUT2D eigenvalue weighted by Crippen LogP contribution is 2.26. The van der Waals surface area contributed by atoms with Crippen molar-refractivity contribution in [2.45, 2.75) is 38.6 Å². The Balaban J connectivity index is 1.20. The number of rotatable bonds is 6. The average molecular weight is 448 g/mol. The van der Waals surface area contributed by atoms with Crippen LogP contribution in [0.2, 0.25) is 0 Å². The summed E-state index contributed by atoms with van der Waals surface area (Å²) >= 11 is 0. The van der Waals surface area contributed by atoms with E-state index in [1.54, 1.807) is 11.2 Å². The second-order valence-electron chi connectivity index (χ2n) is 8.74. The first-order chi connectivity index (χ1) is 16.2. The predicted octanol–water partition coefficient (Wildman–Crippen LogP) is 2.38. The fraction of sp³-hybridized carbons (Fsp3) is 0.458. The van der Waals surface area contributed by atoms with E-state index in [4.69, 9.17) is 0 Å². The van der Waals surface area contributed by atoms with Gasteiger partial charge in [-0.05, 0) is 25.0 Å². The van der Waals surface area contributed by atoms with Crippen LogP contribution in [0, 0.1) is 5.92 Å². The number of carbonyl (C=O) groups excluding carboxylic acids is 2. The summed E-state index contributed by atoms with van der Waals surface area (Å²) in [7, 11) is 0. The zero-order valence-corrected chi connectivity index (χ0v) is 18.7. The molecular formula is C24H29N7O2. The molecule has 2 saturated heterocycles. The fourth-order valence-corrected chi connectivity index (χ4v) is 4.75. The Kier molecular flexibility index (Phi) is 6.19. The summed E-state index contributed by atoms with van der Waals surface area (Å²) in [5.41, 5.74) is 1.62. The van der Waals surface area contributed by atoms with E-state index >= 15 is 0 Å². The van der Waals surface area contributed by atoms with Gasteiger partial charge in [0.05, 0.1) is 24.0 Å². The Hall–Kier alpha value is -3.49. The van der Waals surface area contributed by atoms with Crippen LogP contribution in [0.5, 0.6) is 0 Å². The van der Waals surface area contributed by atoms with Gasteiger partial charge in [-0.1, -0.05) is 31.0 Å². The Labute approximate surface area is 192 Å². The standard InChI is InChI=1S/C24H29N7O2/c32-21-14-18(16-30(21)19-8-4-3-5-9-19)24(33)25-10-13-31-23-20(15-28-31)22(26-17-27-23)29-11-6-1-2-7-12-29/h3-5,8-9,15,17-18H,1-2,6-7,10-14,16H2,(H,25,33)/t18-/m1/s1. The van der Waals surface area contributed by atoms with Crippen LogP contribution in [0.3, 0.4) is 0 Å². The van der Waals surface area contributed by atoms with Gasteiger partial charge in [-0.15, -0.1) is 0 Å². The maximum Gasteiger partial charge on any atom is 0.227 e. The lowest BCUT2D eigenvalue weighted by molar-refractivity contribution is -0.126. The summed E-state index contributed by atoms with van der Waals surface area (Å²) in [4.78, 5) is 38.1. The van der Waals surface area contributed by atoms with Crippen LogP contribution in [-0.2, 0) is 16.1 Å². The number of hydrogen-bond donors (Lipinski definition) is 1. The number of benzene rings is 1. The lowest BCUT2D eigenvalue weighted by Gasteiger charge is -2.21. The number of nitrogens with zero attached hydrogens (tertiary/aromatic N) is 6. The topological polar surface area (TPSA) is 96.2 Å². The molecule has 5 rings (SSSR count). The number of aromatic nitrogens is 4. The molecule has 172 valence electrons. The molecule has 0 aliphatic carbocycles. The molecule has 0 unspecified atom stereocenters. The van der Waals surface area contributed by atoms with Crippen LogP contribution in [0.4, 0.5) is 11.5 Å². The quantitative estimate of drug-likeness (QED) is 0.623. The van der Waals surface area contributed by atoms with Crippen molar-refractivity contribution >= 4 is 34.4 Å². The number of carbonyl (C=O) groups is 2. The zero-order chi connectivity index (χ0) is 22.6. The van der Waals surface area contributed by atoms with Crippen molar-refractivity contribution in [2.75, 3.05) is 36.0 Å². The van der Waals surface area contributed by atoms with Crippen LogP contribution < -0.4 is 15.1 Å². The van der Waals surface area contributed by atoms with Gasteiger partial charge in [-0.25, -0.2) is 14.6 Å². The van der Waals surface area contributed by atoms with Gasteiger partial charge in [-0.2, -0.15) is 5.10 Å². The number of para-hydroxylation sites is 1. The molecule has 1 atom stereocenters. The molecule has 0 radical (unpaired) electrons. The van der Waals surface area contributed by atoms with Crippen LogP contribution in [0.25, 0.3) is 11.0 Å². The van der Waals surface area contributed by atoms with Crippen LogP contribution >= 0.6 is 0 Å².